The predicted octanol–water partition coefficient (Wildman–Crippen LogP) is 4.48. The third kappa shape index (κ3) is 5.71. The maximum Gasteiger partial charge on any atom is 0.308 e. The Kier molecular flexibility index (Phi) is 8.25. The molecule has 4 aromatic carbocycles. The van der Waals surface area contributed by atoms with Gasteiger partial charge in [0.05, 0.1) is 30.9 Å². The molecule has 0 amide bonds. The van der Waals surface area contributed by atoms with Crippen LogP contribution in [0.2, 0.25) is 0 Å². The Morgan fingerprint density at radius 1 is 0.833 bits per heavy atom. The summed E-state index contributed by atoms with van der Waals surface area (Å²) in [5, 5.41) is 11.9. The molecule has 1 fully saturated rings. The van der Waals surface area contributed by atoms with Crippen molar-refractivity contribution in [2.75, 3.05) is 12.9 Å². The lowest BCUT2D eigenvalue weighted by molar-refractivity contribution is -0.255. The second-order valence-corrected chi connectivity index (χ2v) is 11.5. The monoisotopic (exact) mass is 593 g/mol. The first kappa shape index (κ1) is 29.5. The summed E-state index contributed by atoms with van der Waals surface area (Å²) in [5.41, 5.74) is 0.0152. The van der Waals surface area contributed by atoms with Crippen LogP contribution in [0.1, 0.15) is 38.5 Å². The van der Waals surface area contributed by atoms with Crippen LogP contribution in [0.25, 0.3) is 0 Å². The molecule has 3 atom stereocenters. The van der Waals surface area contributed by atoms with Gasteiger partial charge in [0.2, 0.25) is 6.29 Å². The molecule has 0 N–H and O–H groups in total. The first-order valence-electron chi connectivity index (χ1n) is 13.1. The molecule has 1 heterocycles. The molecule has 42 heavy (non-hydrogen) atoms. The second-order valence-electron chi connectivity index (χ2n) is 9.92. The SMILES string of the molecule is CS(=O)(=O)OC1O[C@@H](COC(c2ccccc2)(c2ccccc2)c2ccccc2)[C@@H](c2ccccc2C(=O)[O-])C1(F)F. The van der Waals surface area contributed by atoms with Crippen molar-refractivity contribution in [1.82, 2.24) is 0 Å². The van der Waals surface area contributed by atoms with Crippen LogP contribution in [0.3, 0.4) is 0 Å². The standard InChI is InChI=1S/C32H28F2O7S/c1-42(37,38)41-30-32(33,34)28(25-19-11-12-20-26(25)29(35)36)27(40-30)21-39-31(22-13-5-2-6-14-22,23-15-7-3-8-16-23)24-17-9-4-10-18-24/h2-20,27-28,30H,21H2,1H3,(H,35,36)/p-1/t27-,28+,30?/m0/s1. The molecule has 10 heteroatoms. The van der Waals surface area contributed by atoms with Crippen LogP contribution in [0.15, 0.2) is 115 Å². The molecule has 0 saturated carbocycles. The van der Waals surface area contributed by atoms with E-state index in [1.807, 2.05) is 91.0 Å². The van der Waals surface area contributed by atoms with Crippen LogP contribution < -0.4 is 5.11 Å². The Morgan fingerprint density at radius 3 is 1.74 bits per heavy atom. The largest absolute Gasteiger partial charge is 0.545 e. The van der Waals surface area contributed by atoms with E-state index in [2.05, 4.69) is 4.18 Å². The van der Waals surface area contributed by atoms with Crippen molar-refractivity contribution in [3.63, 3.8) is 0 Å². The van der Waals surface area contributed by atoms with E-state index < -0.39 is 58.1 Å². The number of hydrogen-bond acceptors (Lipinski definition) is 7. The fourth-order valence-electron chi connectivity index (χ4n) is 5.44. The Bertz CT molecular complexity index is 1530. The molecule has 0 spiro atoms. The lowest BCUT2D eigenvalue weighted by Crippen LogP contribution is -2.40. The Hall–Kier alpha value is -3.96. The van der Waals surface area contributed by atoms with Gasteiger partial charge in [-0.15, -0.1) is 0 Å². The van der Waals surface area contributed by atoms with E-state index >= 15 is 8.78 Å². The average molecular weight is 594 g/mol. The van der Waals surface area contributed by atoms with Crippen LogP contribution in [-0.2, 0) is 29.4 Å². The minimum Gasteiger partial charge on any atom is -0.545 e. The fraction of sp³-hybridized carbons (Fsp3) is 0.219. The molecule has 7 nitrogen and oxygen atoms in total. The molecule has 1 aliphatic heterocycles. The van der Waals surface area contributed by atoms with Crippen LogP contribution in [0.5, 0.6) is 0 Å². The number of hydrogen-bond donors (Lipinski definition) is 0. The van der Waals surface area contributed by atoms with E-state index in [4.69, 9.17) is 9.47 Å². The van der Waals surface area contributed by atoms with Gasteiger partial charge in [0.1, 0.15) is 5.60 Å². The van der Waals surface area contributed by atoms with E-state index in [0.29, 0.717) is 22.9 Å². The molecule has 1 saturated heterocycles. The summed E-state index contributed by atoms with van der Waals surface area (Å²) in [6, 6.07) is 32.7. The van der Waals surface area contributed by atoms with Crippen molar-refractivity contribution < 1.29 is 40.8 Å². The van der Waals surface area contributed by atoms with Gasteiger partial charge in [-0.25, -0.2) is 13.0 Å². The highest BCUT2D eigenvalue weighted by atomic mass is 32.2. The zero-order chi connectivity index (χ0) is 30.0. The van der Waals surface area contributed by atoms with Gasteiger partial charge < -0.3 is 19.4 Å². The Morgan fingerprint density at radius 2 is 1.29 bits per heavy atom. The van der Waals surface area contributed by atoms with Gasteiger partial charge in [-0.1, -0.05) is 115 Å². The lowest BCUT2D eigenvalue weighted by atomic mass is 9.80. The van der Waals surface area contributed by atoms with E-state index in [1.165, 1.54) is 18.2 Å². The van der Waals surface area contributed by atoms with Gasteiger partial charge in [-0.2, -0.15) is 8.42 Å². The number of carbonyl (C=O) groups excluding carboxylic acids is 1. The van der Waals surface area contributed by atoms with Gasteiger partial charge in [-0.05, 0) is 22.3 Å². The van der Waals surface area contributed by atoms with Crippen molar-refractivity contribution in [2.45, 2.75) is 29.8 Å². The smallest absolute Gasteiger partial charge is 0.308 e. The number of alkyl halides is 2. The van der Waals surface area contributed by atoms with Crippen LogP contribution in [0, 0.1) is 0 Å². The van der Waals surface area contributed by atoms with Crippen molar-refractivity contribution in [3.05, 3.63) is 143 Å². The summed E-state index contributed by atoms with van der Waals surface area (Å²) in [4.78, 5) is 11.9. The fourth-order valence-corrected chi connectivity index (χ4v) is 5.93. The third-order valence-corrected chi connectivity index (χ3v) is 7.71. The first-order chi connectivity index (χ1) is 20.0. The van der Waals surface area contributed by atoms with Crippen LogP contribution in [-0.4, -0.2) is 45.6 Å². The number of ether oxygens (including phenoxy) is 2. The normalized spacial score (nSPS) is 20.3. The van der Waals surface area contributed by atoms with E-state index in [9.17, 15) is 18.3 Å². The van der Waals surface area contributed by atoms with Gasteiger partial charge in [0.25, 0.3) is 10.1 Å². The van der Waals surface area contributed by atoms with E-state index in [-0.39, 0.29) is 5.56 Å². The highest BCUT2D eigenvalue weighted by Crippen LogP contribution is 2.50. The topological polar surface area (TPSA) is 102 Å². The summed E-state index contributed by atoms with van der Waals surface area (Å²) in [7, 11) is -4.38. The summed E-state index contributed by atoms with van der Waals surface area (Å²) in [6.45, 7) is -0.496. The van der Waals surface area contributed by atoms with Gasteiger partial charge in [-0.3, -0.25) is 0 Å². The molecule has 218 valence electrons. The predicted molar refractivity (Wildman–Crippen MR) is 148 cm³/mol. The number of halogens is 2. The van der Waals surface area contributed by atoms with Crippen molar-refractivity contribution in [1.29, 1.82) is 0 Å². The zero-order valence-corrected chi connectivity index (χ0v) is 23.2. The zero-order valence-electron chi connectivity index (χ0n) is 22.4. The van der Waals surface area contributed by atoms with Crippen molar-refractivity contribution in [3.8, 4) is 0 Å². The van der Waals surface area contributed by atoms with Gasteiger partial charge >= 0.3 is 5.92 Å². The summed E-state index contributed by atoms with van der Waals surface area (Å²) < 4.78 is 72.7. The quantitative estimate of drug-likeness (QED) is 0.197. The van der Waals surface area contributed by atoms with E-state index in [0.717, 1.165) is 6.07 Å². The number of carboxylic acid groups (broad SMARTS) is 1. The maximum absolute atomic E-state index is 16.0. The lowest BCUT2D eigenvalue weighted by Gasteiger charge is -2.37. The molecule has 0 aromatic heterocycles. The first-order valence-corrected chi connectivity index (χ1v) is 14.9. The van der Waals surface area contributed by atoms with Crippen molar-refractivity contribution >= 4 is 16.1 Å². The molecule has 5 rings (SSSR count). The molecule has 0 aliphatic carbocycles. The minimum atomic E-state index is -4.38. The van der Waals surface area contributed by atoms with Gasteiger partial charge in [0.15, 0.2) is 0 Å². The summed E-state index contributed by atoms with van der Waals surface area (Å²) >= 11 is 0. The van der Waals surface area contributed by atoms with E-state index in [1.54, 1.807) is 0 Å². The van der Waals surface area contributed by atoms with Crippen LogP contribution >= 0.6 is 0 Å². The molecule has 4 aromatic rings. The number of benzene rings is 4. The average Bonchev–Trinajstić information content (AvgIpc) is 3.22. The number of rotatable bonds is 10. The van der Waals surface area contributed by atoms with Crippen LogP contribution in [0.4, 0.5) is 8.78 Å². The molecule has 1 aliphatic rings. The third-order valence-electron chi connectivity index (χ3n) is 7.18. The molecule has 1 unspecified atom stereocenters. The molecular formula is C32H27F2O7S-. The maximum atomic E-state index is 16.0. The second kappa shape index (κ2) is 11.7. The summed E-state index contributed by atoms with van der Waals surface area (Å²) in [6.07, 6.45) is -3.41. The Labute approximate surface area is 242 Å². The molecular weight excluding hydrogens is 566 g/mol. The number of carbonyl (C=O) groups is 1. The number of aromatic carboxylic acids is 1. The Balaban J connectivity index is 1.64. The molecule has 0 bridgehead atoms. The van der Waals surface area contributed by atoms with Crippen molar-refractivity contribution in [2.24, 2.45) is 0 Å². The number of carboxylic acids is 1. The highest BCUT2D eigenvalue weighted by molar-refractivity contribution is 7.86. The van der Waals surface area contributed by atoms with Gasteiger partial charge in [0, 0.05) is 5.56 Å². The highest BCUT2D eigenvalue weighted by Gasteiger charge is 2.62. The minimum absolute atomic E-state index is 0.291. The molecule has 0 radical (unpaired) electrons. The summed E-state index contributed by atoms with van der Waals surface area (Å²) in [5.74, 6) is -7.57.